The number of thioether (sulfide) groups is 1. The van der Waals surface area contributed by atoms with E-state index in [4.69, 9.17) is 10.2 Å². The molecule has 0 aliphatic heterocycles. The molecule has 0 amide bonds. The molecule has 0 fully saturated rings. The fourth-order valence-electron chi connectivity index (χ4n) is 2.00. The zero-order valence-electron chi connectivity index (χ0n) is 12.2. The highest BCUT2D eigenvalue weighted by atomic mass is 32.2. The van der Waals surface area contributed by atoms with Crippen molar-refractivity contribution in [3.63, 3.8) is 0 Å². The van der Waals surface area contributed by atoms with Gasteiger partial charge in [-0.25, -0.2) is 4.79 Å². The monoisotopic (exact) mass is 302 g/mol. The third-order valence-electron chi connectivity index (χ3n) is 3.27. The summed E-state index contributed by atoms with van der Waals surface area (Å²) in [4.78, 5) is 15.9. The number of aliphatic imine (C=N–C) groups is 1. The molecule has 2 aromatic rings. The first-order valence-corrected chi connectivity index (χ1v) is 7.58. The summed E-state index contributed by atoms with van der Waals surface area (Å²) in [6.45, 7) is 8.04. The molecule has 2 rings (SSSR count). The van der Waals surface area contributed by atoms with Crippen molar-refractivity contribution in [2.75, 3.05) is 6.54 Å². The quantitative estimate of drug-likeness (QED) is 0.408. The van der Waals surface area contributed by atoms with E-state index in [1.54, 1.807) is 6.08 Å². The molecule has 0 unspecified atom stereocenters. The van der Waals surface area contributed by atoms with Gasteiger partial charge in [0.15, 0.2) is 5.17 Å². The van der Waals surface area contributed by atoms with E-state index in [1.807, 2.05) is 26.0 Å². The van der Waals surface area contributed by atoms with E-state index in [1.165, 1.54) is 17.8 Å². The van der Waals surface area contributed by atoms with Gasteiger partial charge in [0.05, 0.1) is 6.54 Å². The summed E-state index contributed by atoms with van der Waals surface area (Å²) in [5.41, 5.74) is 9.12. The van der Waals surface area contributed by atoms with Crippen LogP contribution in [0.1, 0.15) is 16.7 Å². The molecule has 0 saturated heterocycles. The molecule has 1 aromatic heterocycles. The van der Waals surface area contributed by atoms with Crippen molar-refractivity contribution in [3.8, 4) is 0 Å². The molecular formula is C16H18N2O2S. The standard InChI is InChI=1S/C16H18N2O2S/c1-4-7-18-16(17)21-9-12-8-14(19)20-15-11(3)10(2)5-6-13(12)15/h4-6,8H,1,7,9H2,2-3H3,(H2,17,18). The molecule has 0 bridgehead atoms. The van der Waals surface area contributed by atoms with Crippen LogP contribution >= 0.6 is 11.8 Å². The van der Waals surface area contributed by atoms with Crippen molar-refractivity contribution in [3.05, 3.63) is 58.0 Å². The van der Waals surface area contributed by atoms with E-state index >= 15 is 0 Å². The maximum absolute atomic E-state index is 11.7. The minimum absolute atomic E-state index is 0.339. The molecule has 110 valence electrons. The molecular weight excluding hydrogens is 284 g/mol. The van der Waals surface area contributed by atoms with E-state index in [9.17, 15) is 4.79 Å². The Morgan fingerprint density at radius 2 is 2.24 bits per heavy atom. The van der Waals surface area contributed by atoms with Gasteiger partial charge >= 0.3 is 5.63 Å². The van der Waals surface area contributed by atoms with Crippen molar-refractivity contribution < 1.29 is 4.42 Å². The summed E-state index contributed by atoms with van der Waals surface area (Å²) in [7, 11) is 0. The average Bonchev–Trinajstić information content (AvgIpc) is 2.46. The Morgan fingerprint density at radius 3 is 2.95 bits per heavy atom. The van der Waals surface area contributed by atoms with Crippen LogP contribution in [0.25, 0.3) is 11.0 Å². The van der Waals surface area contributed by atoms with E-state index in [2.05, 4.69) is 11.6 Å². The van der Waals surface area contributed by atoms with Gasteiger partial charge in [-0.1, -0.05) is 30.0 Å². The summed E-state index contributed by atoms with van der Waals surface area (Å²) in [6, 6.07) is 5.53. The summed E-state index contributed by atoms with van der Waals surface area (Å²) in [5, 5.41) is 1.43. The third kappa shape index (κ3) is 3.55. The third-order valence-corrected chi connectivity index (χ3v) is 4.15. The van der Waals surface area contributed by atoms with Crippen LogP contribution in [0.5, 0.6) is 0 Å². The van der Waals surface area contributed by atoms with Gasteiger partial charge in [-0.05, 0) is 30.5 Å². The molecule has 4 nitrogen and oxygen atoms in total. The molecule has 2 N–H and O–H groups in total. The van der Waals surface area contributed by atoms with Crippen molar-refractivity contribution in [2.45, 2.75) is 19.6 Å². The van der Waals surface area contributed by atoms with Crippen LogP contribution in [0.15, 0.2) is 45.1 Å². The summed E-state index contributed by atoms with van der Waals surface area (Å²) in [6.07, 6.45) is 1.69. The molecule has 5 heteroatoms. The minimum atomic E-state index is -0.339. The van der Waals surface area contributed by atoms with Crippen molar-refractivity contribution in [1.82, 2.24) is 0 Å². The molecule has 0 radical (unpaired) electrons. The molecule has 0 aliphatic rings. The average molecular weight is 302 g/mol. The number of benzene rings is 1. The Hall–Kier alpha value is -2.01. The van der Waals surface area contributed by atoms with Crippen LogP contribution in [0, 0.1) is 13.8 Å². The van der Waals surface area contributed by atoms with E-state index in [0.717, 1.165) is 22.1 Å². The van der Waals surface area contributed by atoms with Gasteiger partial charge in [0.2, 0.25) is 0 Å². The largest absolute Gasteiger partial charge is 0.422 e. The Balaban J connectivity index is 2.38. The van der Waals surface area contributed by atoms with E-state index < -0.39 is 0 Å². The van der Waals surface area contributed by atoms with Crippen LogP contribution in [0.2, 0.25) is 0 Å². The number of rotatable bonds is 4. The van der Waals surface area contributed by atoms with Crippen LogP contribution < -0.4 is 11.4 Å². The highest BCUT2D eigenvalue weighted by molar-refractivity contribution is 8.13. The lowest BCUT2D eigenvalue weighted by molar-refractivity contribution is 0.557. The number of nitrogens with zero attached hydrogens (tertiary/aromatic N) is 1. The maximum atomic E-state index is 11.7. The second-order valence-corrected chi connectivity index (χ2v) is 5.73. The smallest absolute Gasteiger partial charge is 0.336 e. The van der Waals surface area contributed by atoms with Crippen LogP contribution in [0.4, 0.5) is 0 Å². The number of aryl methyl sites for hydroxylation is 2. The molecule has 0 aliphatic carbocycles. The minimum Gasteiger partial charge on any atom is -0.422 e. The molecule has 1 aromatic carbocycles. The van der Waals surface area contributed by atoms with E-state index in [0.29, 0.717) is 23.0 Å². The highest BCUT2D eigenvalue weighted by Gasteiger charge is 2.10. The number of amidine groups is 1. The lowest BCUT2D eigenvalue weighted by atomic mass is 10.0. The van der Waals surface area contributed by atoms with Gasteiger partial charge < -0.3 is 10.2 Å². The molecule has 0 saturated carbocycles. The maximum Gasteiger partial charge on any atom is 0.336 e. The predicted molar refractivity (Wildman–Crippen MR) is 89.9 cm³/mol. The Morgan fingerprint density at radius 1 is 1.48 bits per heavy atom. The molecule has 0 spiro atoms. The van der Waals surface area contributed by atoms with Gasteiger partial charge in [0.25, 0.3) is 0 Å². The molecule has 0 atom stereocenters. The zero-order valence-corrected chi connectivity index (χ0v) is 13.0. The number of hydrogen-bond donors (Lipinski definition) is 1. The van der Waals surface area contributed by atoms with Crippen LogP contribution in [-0.2, 0) is 5.75 Å². The van der Waals surface area contributed by atoms with Crippen molar-refractivity contribution in [2.24, 2.45) is 10.7 Å². The van der Waals surface area contributed by atoms with Gasteiger partial charge in [0, 0.05) is 17.2 Å². The zero-order chi connectivity index (χ0) is 15.4. The molecule has 21 heavy (non-hydrogen) atoms. The summed E-state index contributed by atoms with van der Waals surface area (Å²) < 4.78 is 5.35. The number of hydrogen-bond acceptors (Lipinski definition) is 4. The first-order chi connectivity index (χ1) is 10.0. The highest BCUT2D eigenvalue weighted by Crippen LogP contribution is 2.25. The van der Waals surface area contributed by atoms with Gasteiger partial charge in [-0.15, -0.1) is 6.58 Å². The van der Waals surface area contributed by atoms with Gasteiger partial charge in [-0.2, -0.15) is 0 Å². The summed E-state index contributed by atoms with van der Waals surface area (Å²) >= 11 is 1.40. The Bertz CT molecular complexity index is 763. The second kappa shape index (κ2) is 6.63. The number of fused-ring (bicyclic) bond motifs is 1. The topological polar surface area (TPSA) is 68.6 Å². The first-order valence-electron chi connectivity index (χ1n) is 6.59. The summed E-state index contributed by atoms with van der Waals surface area (Å²) in [5.74, 6) is 0.580. The molecule has 1 heterocycles. The second-order valence-electron chi connectivity index (χ2n) is 4.73. The van der Waals surface area contributed by atoms with Crippen molar-refractivity contribution in [1.29, 1.82) is 0 Å². The van der Waals surface area contributed by atoms with Crippen LogP contribution in [-0.4, -0.2) is 11.7 Å². The SMILES string of the molecule is C=CCN=C(N)SCc1cc(=O)oc2c(C)c(C)ccc12. The van der Waals surface area contributed by atoms with Crippen molar-refractivity contribution >= 4 is 27.9 Å². The fraction of sp³-hybridized carbons (Fsp3) is 0.250. The fourth-order valence-corrected chi connectivity index (χ4v) is 2.70. The number of nitrogens with two attached hydrogens (primary N) is 1. The van der Waals surface area contributed by atoms with Gasteiger partial charge in [0.1, 0.15) is 5.58 Å². The Kier molecular flexibility index (Phi) is 4.85. The Labute approximate surface area is 127 Å². The predicted octanol–water partition coefficient (Wildman–Crippen LogP) is 3.14. The normalized spacial score (nSPS) is 11.8. The van der Waals surface area contributed by atoms with E-state index in [-0.39, 0.29) is 5.63 Å². The van der Waals surface area contributed by atoms with Crippen LogP contribution in [0.3, 0.4) is 0 Å². The van der Waals surface area contributed by atoms with Gasteiger partial charge in [-0.3, -0.25) is 4.99 Å². The lowest BCUT2D eigenvalue weighted by Crippen LogP contribution is -2.08. The first kappa shape index (κ1) is 15.4. The lowest BCUT2D eigenvalue weighted by Gasteiger charge is -2.08.